The largest absolute Gasteiger partial charge is 0.279 e. The molecule has 1 N–H and O–H groups in total. The van der Waals surface area contributed by atoms with Gasteiger partial charge in [0.2, 0.25) is 0 Å². The summed E-state index contributed by atoms with van der Waals surface area (Å²) < 4.78 is 28.4. The molecule has 0 heterocycles. The van der Waals surface area contributed by atoms with E-state index in [-0.39, 0.29) is 4.90 Å². The monoisotopic (exact) mass is 353 g/mol. The number of hydrogen-bond acceptors (Lipinski definition) is 2. The van der Waals surface area contributed by atoms with Crippen molar-refractivity contribution in [2.75, 3.05) is 4.72 Å². The molecule has 0 aliphatic rings. The quantitative estimate of drug-likeness (QED) is 0.899. The van der Waals surface area contributed by atoms with E-state index in [4.69, 9.17) is 0 Å². The maximum atomic E-state index is 12.4. The molecule has 3 nitrogen and oxygen atoms in total. The van der Waals surface area contributed by atoms with Gasteiger partial charge in [-0.1, -0.05) is 33.6 Å². The number of benzene rings is 2. The molecule has 106 valence electrons. The van der Waals surface area contributed by atoms with Crippen LogP contribution in [0.5, 0.6) is 0 Å². The Labute approximate surface area is 128 Å². The second kappa shape index (κ2) is 5.58. The highest BCUT2D eigenvalue weighted by Crippen LogP contribution is 2.27. The van der Waals surface area contributed by atoms with Crippen LogP contribution in [-0.4, -0.2) is 8.42 Å². The second-order valence-corrected chi connectivity index (χ2v) is 7.43. The van der Waals surface area contributed by atoms with Crippen LogP contribution < -0.4 is 4.72 Å². The molecule has 0 aromatic heterocycles. The topological polar surface area (TPSA) is 46.2 Å². The molecule has 0 saturated carbocycles. The molecule has 0 atom stereocenters. The Morgan fingerprint density at radius 3 is 1.95 bits per heavy atom. The summed E-state index contributed by atoms with van der Waals surface area (Å²) in [5.41, 5.74) is 3.42. The molecule has 0 aliphatic carbocycles. The summed E-state index contributed by atoms with van der Waals surface area (Å²) in [5.74, 6) is 0. The van der Waals surface area contributed by atoms with E-state index in [1.807, 2.05) is 32.9 Å². The van der Waals surface area contributed by atoms with Gasteiger partial charge in [-0.25, -0.2) is 8.42 Å². The van der Waals surface area contributed by atoms with Gasteiger partial charge in [0.05, 0.1) is 10.6 Å². The zero-order chi connectivity index (χ0) is 14.9. The lowest BCUT2D eigenvalue weighted by molar-refractivity contribution is 0.601. The number of anilines is 1. The summed E-state index contributed by atoms with van der Waals surface area (Å²) in [6.45, 7) is 5.68. The van der Waals surface area contributed by atoms with E-state index in [2.05, 4.69) is 20.7 Å². The molecule has 0 aliphatic heterocycles. The van der Waals surface area contributed by atoms with Crippen LogP contribution in [0.3, 0.4) is 0 Å². The minimum absolute atomic E-state index is 0.268. The smallest absolute Gasteiger partial charge is 0.261 e. The van der Waals surface area contributed by atoms with Crippen molar-refractivity contribution >= 4 is 31.6 Å². The number of rotatable bonds is 3. The van der Waals surface area contributed by atoms with Gasteiger partial charge in [-0.3, -0.25) is 4.72 Å². The standard InChI is InChI=1S/C15H16BrNO2S/c1-10-4-6-14(7-5-10)20(18,19)17-15-11(2)8-13(16)9-12(15)3/h4-9,17H,1-3H3. The van der Waals surface area contributed by atoms with Crippen LogP contribution >= 0.6 is 15.9 Å². The average molecular weight is 354 g/mol. The lowest BCUT2D eigenvalue weighted by Gasteiger charge is -2.14. The molecule has 2 aromatic rings. The Kier molecular flexibility index (Phi) is 4.20. The molecule has 2 rings (SSSR count). The third kappa shape index (κ3) is 3.22. The van der Waals surface area contributed by atoms with E-state index in [1.165, 1.54) is 0 Å². The van der Waals surface area contributed by atoms with Crippen LogP contribution in [0.15, 0.2) is 45.8 Å². The van der Waals surface area contributed by atoms with E-state index in [1.54, 1.807) is 24.3 Å². The first kappa shape index (κ1) is 15.1. The number of sulfonamides is 1. The summed E-state index contributed by atoms with van der Waals surface area (Å²) in [7, 11) is -3.55. The van der Waals surface area contributed by atoms with Gasteiger partial charge in [-0.05, 0) is 56.2 Å². The van der Waals surface area contributed by atoms with Crippen molar-refractivity contribution in [1.82, 2.24) is 0 Å². The van der Waals surface area contributed by atoms with Crippen molar-refractivity contribution < 1.29 is 8.42 Å². The van der Waals surface area contributed by atoms with Crippen molar-refractivity contribution in [3.05, 3.63) is 57.6 Å². The molecule has 2 aromatic carbocycles. The predicted octanol–water partition coefficient (Wildman–Crippen LogP) is 4.18. The molecule has 20 heavy (non-hydrogen) atoms. The first-order valence-corrected chi connectivity index (χ1v) is 8.43. The van der Waals surface area contributed by atoms with E-state index >= 15 is 0 Å². The zero-order valence-corrected chi connectivity index (χ0v) is 14.0. The Bertz CT molecular complexity index is 714. The summed E-state index contributed by atoms with van der Waals surface area (Å²) in [4.78, 5) is 0.268. The molecular formula is C15H16BrNO2S. The Hall–Kier alpha value is -1.33. The molecule has 0 unspecified atom stereocenters. The number of aryl methyl sites for hydroxylation is 3. The summed E-state index contributed by atoms with van der Waals surface area (Å²) in [6.07, 6.45) is 0. The fourth-order valence-electron chi connectivity index (χ4n) is 1.98. The Balaban J connectivity index is 2.41. The van der Waals surface area contributed by atoms with Crippen LogP contribution in [0.1, 0.15) is 16.7 Å². The van der Waals surface area contributed by atoms with Crippen LogP contribution in [0.4, 0.5) is 5.69 Å². The van der Waals surface area contributed by atoms with Gasteiger partial charge in [0, 0.05) is 4.47 Å². The van der Waals surface area contributed by atoms with Crippen LogP contribution in [0.25, 0.3) is 0 Å². The van der Waals surface area contributed by atoms with Gasteiger partial charge in [0.25, 0.3) is 10.0 Å². The van der Waals surface area contributed by atoms with E-state index in [0.29, 0.717) is 5.69 Å². The van der Waals surface area contributed by atoms with Gasteiger partial charge >= 0.3 is 0 Å². The van der Waals surface area contributed by atoms with E-state index < -0.39 is 10.0 Å². The molecule has 5 heteroatoms. The highest BCUT2D eigenvalue weighted by Gasteiger charge is 2.16. The lowest BCUT2D eigenvalue weighted by Crippen LogP contribution is -2.14. The minimum atomic E-state index is -3.55. The SMILES string of the molecule is Cc1ccc(S(=O)(=O)Nc2c(C)cc(Br)cc2C)cc1. The van der Waals surface area contributed by atoms with Gasteiger partial charge in [0.15, 0.2) is 0 Å². The van der Waals surface area contributed by atoms with Gasteiger partial charge < -0.3 is 0 Å². The molecule has 0 amide bonds. The van der Waals surface area contributed by atoms with Crippen molar-refractivity contribution in [2.45, 2.75) is 25.7 Å². The van der Waals surface area contributed by atoms with Crippen LogP contribution in [-0.2, 0) is 10.0 Å². The average Bonchev–Trinajstić information content (AvgIpc) is 2.34. The fourth-order valence-corrected chi connectivity index (χ4v) is 3.87. The maximum Gasteiger partial charge on any atom is 0.261 e. The van der Waals surface area contributed by atoms with Crippen LogP contribution in [0.2, 0.25) is 0 Å². The molecule has 0 spiro atoms. The van der Waals surface area contributed by atoms with Crippen LogP contribution in [0, 0.1) is 20.8 Å². The Morgan fingerprint density at radius 2 is 1.45 bits per heavy atom. The predicted molar refractivity (Wildman–Crippen MR) is 85.6 cm³/mol. The zero-order valence-electron chi connectivity index (χ0n) is 11.6. The number of halogens is 1. The van der Waals surface area contributed by atoms with Gasteiger partial charge in [0.1, 0.15) is 0 Å². The minimum Gasteiger partial charge on any atom is -0.279 e. The summed E-state index contributed by atoms with van der Waals surface area (Å²) in [5, 5.41) is 0. The molecular weight excluding hydrogens is 338 g/mol. The van der Waals surface area contributed by atoms with Gasteiger partial charge in [-0.2, -0.15) is 0 Å². The van der Waals surface area contributed by atoms with E-state index in [0.717, 1.165) is 21.2 Å². The fraction of sp³-hybridized carbons (Fsp3) is 0.200. The Morgan fingerprint density at radius 1 is 0.950 bits per heavy atom. The van der Waals surface area contributed by atoms with Crippen molar-refractivity contribution in [1.29, 1.82) is 0 Å². The summed E-state index contributed by atoms with van der Waals surface area (Å²) >= 11 is 3.40. The number of nitrogens with one attached hydrogen (secondary N) is 1. The highest BCUT2D eigenvalue weighted by molar-refractivity contribution is 9.10. The first-order chi connectivity index (χ1) is 9.29. The third-order valence-electron chi connectivity index (χ3n) is 3.07. The van der Waals surface area contributed by atoms with Crippen molar-refractivity contribution in [3.8, 4) is 0 Å². The lowest BCUT2D eigenvalue weighted by atomic mass is 10.1. The van der Waals surface area contributed by atoms with E-state index in [9.17, 15) is 8.42 Å². The molecule has 0 bridgehead atoms. The van der Waals surface area contributed by atoms with Gasteiger partial charge in [-0.15, -0.1) is 0 Å². The molecule has 0 fully saturated rings. The number of hydrogen-bond donors (Lipinski definition) is 1. The normalized spacial score (nSPS) is 11.4. The highest BCUT2D eigenvalue weighted by atomic mass is 79.9. The summed E-state index contributed by atoms with van der Waals surface area (Å²) in [6, 6.07) is 10.6. The maximum absolute atomic E-state index is 12.4. The third-order valence-corrected chi connectivity index (χ3v) is 4.89. The van der Waals surface area contributed by atoms with Crippen molar-refractivity contribution in [2.24, 2.45) is 0 Å². The van der Waals surface area contributed by atoms with Crippen molar-refractivity contribution in [3.63, 3.8) is 0 Å². The second-order valence-electron chi connectivity index (χ2n) is 4.83. The first-order valence-electron chi connectivity index (χ1n) is 6.16. The molecule has 0 radical (unpaired) electrons. The molecule has 0 saturated heterocycles.